The first-order valence-electron chi connectivity index (χ1n) is 6.32. The molecule has 2 nitrogen and oxygen atoms in total. The molecule has 0 spiro atoms. The summed E-state index contributed by atoms with van der Waals surface area (Å²) in [5.41, 5.74) is 3.79. The predicted octanol–water partition coefficient (Wildman–Crippen LogP) is 3.01. The Bertz CT molecular complexity index is 462. The zero-order valence-electron chi connectivity index (χ0n) is 11.1. The standard InChI is InChI=1S/C16H20N2/c1-17-12-13-18(2)16-10-8-15(9-11-16)14-6-4-3-5-7-14/h3-11,17H,12-13H2,1-2H3. The molecule has 0 radical (unpaired) electrons. The van der Waals surface area contributed by atoms with Gasteiger partial charge in [-0.2, -0.15) is 0 Å². The van der Waals surface area contributed by atoms with E-state index in [1.807, 2.05) is 13.1 Å². The van der Waals surface area contributed by atoms with E-state index in [2.05, 4.69) is 65.8 Å². The van der Waals surface area contributed by atoms with E-state index in [0.29, 0.717) is 0 Å². The Hall–Kier alpha value is -1.80. The third-order valence-electron chi connectivity index (χ3n) is 3.11. The van der Waals surface area contributed by atoms with Crippen LogP contribution in [0.15, 0.2) is 54.6 Å². The van der Waals surface area contributed by atoms with Gasteiger partial charge in [-0.3, -0.25) is 0 Å². The van der Waals surface area contributed by atoms with E-state index >= 15 is 0 Å². The number of likely N-dealkylation sites (N-methyl/N-ethyl adjacent to an activating group) is 2. The molecule has 2 aromatic carbocycles. The van der Waals surface area contributed by atoms with Crippen LogP contribution >= 0.6 is 0 Å². The predicted molar refractivity (Wildman–Crippen MR) is 79.1 cm³/mol. The Kier molecular flexibility index (Phi) is 4.37. The molecule has 2 heteroatoms. The summed E-state index contributed by atoms with van der Waals surface area (Å²) in [6, 6.07) is 19.2. The third-order valence-corrected chi connectivity index (χ3v) is 3.11. The van der Waals surface area contributed by atoms with Gasteiger partial charge in [-0.1, -0.05) is 42.5 Å². The van der Waals surface area contributed by atoms with Gasteiger partial charge < -0.3 is 10.2 Å². The topological polar surface area (TPSA) is 15.3 Å². The van der Waals surface area contributed by atoms with E-state index in [4.69, 9.17) is 0 Å². The smallest absolute Gasteiger partial charge is 0.0364 e. The first-order valence-corrected chi connectivity index (χ1v) is 6.32. The van der Waals surface area contributed by atoms with Crippen molar-refractivity contribution in [3.8, 4) is 11.1 Å². The molecule has 94 valence electrons. The van der Waals surface area contributed by atoms with E-state index in [-0.39, 0.29) is 0 Å². The average molecular weight is 240 g/mol. The van der Waals surface area contributed by atoms with E-state index in [1.165, 1.54) is 16.8 Å². The van der Waals surface area contributed by atoms with Gasteiger partial charge >= 0.3 is 0 Å². The molecule has 0 aliphatic carbocycles. The summed E-state index contributed by atoms with van der Waals surface area (Å²) in [6.07, 6.45) is 0. The second-order valence-corrected chi connectivity index (χ2v) is 4.44. The van der Waals surface area contributed by atoms with Gasteiger partial charge in [0.25, 0.3) is 0 Å². The van der Waals surface area contributed by atoms with Crippen molar-refractivity contribution in [2.24, 2.45) is 0 Å². The van der Waals surface area contributed by atoms with Gasteiger partial charge in [-0.25, -0.2) is 0 Å². The molecule has 0 heterocycles. The van der Waals surface area contributed by atoms with Gasteiger partial charge in [0.15, 0.2) is 0 Å². The molecule has 0 aromatic heterocycles. The normalized spacial score (nSPS) is 10.3. The van der Waals surface area contributed by atoms with Crippen LogP contribution in [0.5, 0.6) is 0 Å². The highest BCUT2D eigenvalue weighted by molar-refractivity contribution is 5.66. The van der Waals surface area contributed by atoms with Crippen LogP contribution in [0.1, 0.15) is 0 Å². The molecule has 18 heavy (non-hydrogen) atoms. The van der Waals surface area contributed by atoms with Crippen LogP contribution in [0.4, 0.5) is 5.69 Å². The molecule has 2 aromatic rings. The van der Waals surface area contributed by atoms with Crippen molar-refractivity contribution in [1.29, 1.82) is 0 Å². The molecule has 0 amide bonds. The van der Waals surface area contributed by atoms with Crippen LogP contribution in [-0.2, 0) is 0 Å². The van der Waals surface area contributed by atoms with Crippen molar-refractivity contribution in [2.45, 2.75) is 0 Å². The van der Waals surface area contributed by atoms with Crippen LogP contribution in [0.25, 0.3) is 11.1 Å². The van der Waals surface area contributed by atoms with E-state index in [9.17, 15) is 0 Å². The van der Waals surface area contributed by atoms with Crippen LogP contribution in [0, 0.1) is 0 Å². The van der Waals surface area contributed by atoms with Gasteiger partial charge in [0, 0.05) is 25.8 Å². The van der Waals surface area contributed by atoms with Gasteiger partial charge in [-0.05, 0) is 30.3 Å². The second kappa shape index (κ2) is 6.22. The lowest BCUT2D eigenvalue weighted by Gasteiger charge is -2.19. The lowest BCUT2D eigenvalue weighted by atomic mass is 10.1. The van der Waals surface area contributed by atoms with E-state index < -0.39 is 0 Å². The highest BCUT2D eigenvalue weighted by Crippen LogP contribution is 2.22. The van der Waals surface area contributed by atoms with Crippen molar-refractivity contribution in [3.63, 3.8) is 0 Å². The fourth-order valence-corrected chi connectivity index (χ4v) is 1.95. The lowest BCUT2D eigenvalue weighted by molar-refractivity contribution is 0.768. The minimum atomic E-state index is 0.997. The highest BCUT2D eigenvalue weighted by Gasteiger charge is 2.01. The molecule has 2 rings (SSSR count). The molecule has 0 aliphatic heterocycles. The Labute approximate surface area is 109 Å². The van der Waals surface area contributed by atoms with Crippen LogP contribution in [-0.4, -0.2) is 27.2 Å². The maximum Gasteiger partial charge on any atom is 0.0364 e. The minimum absolute atomic E-state index is 0.997. The van der Waals surface area contributed by atoms with E-state index in [0.717, 1.165) is 13.1 Å². The summed E-state index contributed by atoms with van der Waals surface area (Å²) in [5.74, 6) is 0. The summed E-state index contributed by atoms with van der Waals surface area (Å²) in [4.78, 5) is 2.26. The Morgan fingerprint density at radius 1 is 0.889 bits per heavy atom. The molecular weight excluding hydrogens is 220 g/mol. The van der Waals surface area contributed by atoms with Crippen molar-refractivity contribution < 1.29 is 0 Å². The van der Waals surface area contributed by atoms with Crippen molar-refractivity contribution >= 4 is 5.69 Å². The minimum Gasteiger partial charge on any atom is -0.373 e. The Morgan fingerprint density at radius 2 is 1.50 bits per heavy atom. The number of hydrogen-bond acceptors (Lipinski definition) is 2. The number of nitrogens with zero attached hydrogens (tertiary/aromatic N) is 1. The van der Waals surface area contributed by atoms with Gasteiger partial charge in [0.05, 0.1) is 0 Å². The molecule has 0 unspecified atom stereocenters. The van der Waals surface area contributed by atoms with Crippen LogP contribution in [0.3, 0.4) is 0 Å². The highest BCUT2D eigenvalue weighted by atomic mass is 15.1. The van der Waals surface area contributed by atoms with Gasteiger partial charge in [0.1, 0.15) is 0 Å². The summed E-state index contributed by atoms with van der Waals surface area (Å²) in [7, 11) is 4.10. The molecular formula is C16H20N2. The molecule has 0 bridgehead atoms. The van der Waals surface area contributed by atoms with Gasteiger partial charge in [0.2, 0.25) is 0 Å². The summed E-state index contributed by atoms with van der Waals surface area (Å²) < 4.78 is 0. The second-order valence-electron chi connectivity index (χ2n) is 4.44. The Morgan fingerprint density at radius 3 is 2.11 bits per heavy atom. The number of anilines is 1. The van der Waals surface area contributed by atoms with Crippen molar-refractivity contribution in [2.75, 3.05) is 32.1 Å². The largest absolute Gasteiger partial charge is 0.373 e. The van der Waals surface area contributed by atoms with Crippen molar-refractivity contribution in [3.05, 3.63) is 54.6 Å². The third kappa shape index (κ3) is 3.11. The van der Waals surface area contributed by atoms with E-state index in [1.54, 1.807) is 0 Å². The SMILES string of the molecule is CNCCN(C)c1ccc(-c2ccccc2)cc1. The first kappa shape index (κ1) is 12.7. The molecule has 0 atom stereocenters. The molecule has 1 N–H and O–H groups in total. The quantitative estimate of drug-likeness (QED) is 0.864. The number of benzene rings is 2. The molecule has 0 saturated heterocycles. The summed E-state index contributed by atoms with van der Waals surface area (Å²) >= 11 is 0. The van der Waals surface area contributed by atoms with Crippen LogP contribution < -0.4 is 10.2 Å². The summed E-state index contributed by atoms with van der Waals surface area (Å²) in [6.45, 7) is 2.01. The fraction of sp³-hybridized carbons (Fsp3) is 0.250. The average Bonchev–Trinajstić information content (AvgIpc) is 2.46. The maximum absolute atomic E-state index is 3.16. The zero-order chi connectivity index (χ0) is 12.8. The molecule has 0 aliphatic rings. The fourth-order valence-electron chi connectivity index (χ4n) is 1.95. The monoisotopic (exact) mass is 240 g/mol. The maximum atomic E-state index is 3.16. The number of rotatable bonds is 5. The molecule has 0 saturated carbocycles. The molecule has 0 fully saturated rings. The first-order chi connectivity index (χ1) is 8.81. The Balaban J connectivity index is 2.10. The lowest BCUT2D eigenvalue weighted by Crippen LogP contribution is -2.26. The number of hydrogen-bond donors (Lipinski definition) is 1. The zero-order valence-corrected chi connectivity index (χ0v) is 11.1. The summed E-state index contributed by atoms with van der Waals surface area (Å²) in [5, 5.41) is 3.16. The van der Waals surface area contributed by atoms with Gasteiger partial charge in [-0.15, -0.1) is 0 Å². The number of nitrogens with one attached hydrogen (secondary N) is 1. The van der Waals surface area contributed by atoms with Crippen LogP contribution in [0.2, 0.25) is 0 Å². The van der Waals surface area contributed by atoms with Crippen molar-refractivity contribution in [1.82, 2.24) is 5.32 Å².